The standard InChI is InChI=1S/C23H23FNO3.BrH/c1-25(2)18-11-13(12-19(25)21-20(18)28-21)27-22(26)23(24)16-9-5-3-7-14(16)15-8-4-6-10-17(15)23;/h3-10,13,18-21H,11-12H2,1-2H3;1H/q+1;/p-1/t13?,18-,19?,20+,21?;/m0./s1. The molecule has 6 rings (SSSR count). The van der Waals surface area contributed by atoms with Crippen molar-refractivity contribution in [2.75, 3.05) is 14.1 Å². The topological polar surface area (TPSA) is 38.8 Å². The molecule has 29 heavy (non-hydrogen) atoms. The summed E-state index contributed by atoms with van der Waals surface area (Å²) in [7, 11) is 4.45. The molecule has 2 aromatic rings. The van der Waals surface area contributed by atoms with Crippen molar-refractivity contribution in [1.82, 2.24) is 0 Å². The molecule has 0 radical (unpaired) electrons. The molecule has 6 heteroatoms. The van der Waals surface area contributed by atoms with E-state index in [0.29, 0.717) is 23.2 Å². The molecule has 0 aromatic heterocycles. The summed E-state index contributed by atoms with van der Waals surface area (Å²) >= 11 is 0. The van der Waals surface area contributed by atoms with E-state index in [4.69, 9.17) is 9.47 Å². The number of halogens is 2. The minimum absolute atomic E-state index is 0. The number of morpholine rings is 1. The van der Waals surface area contributed by atoms with Crippen molar-refractivity contribution in [2.24, 2.45) is 0 Å². The highest BCUT2D eigenvalue weighted by Gasteiger charge is 2.71. The monoisotopic (exact) mass is 459 g/mol. The highest BCUT2D eigenvalue weighted by molar-refractivity contribution is 5.96. The van der Waals surface area contributed by atoms with Crippen LogP contribution in [0.4, 0.5) is 4.39 Å². The second-order valence-electron chi connectivity index (χ2n) is 9.08. The second kappa shape index (κ2) is 6.13. The Bertz CT molecular complexity index is 944. The van der Waals surface area contributed by atoms with Gasteiger partial charge in [-0.3, -0.25) is 0 Å². The molecule has 0 N–H and O–H groups in total. The number of piperidine rings is 1. The number of nitrogens with zero attached hydrogens (tertiary/aromatic N) is 1. The number of epoxide rings is 1. The van der Waals surface area contributed by atoms with Crippen LogP contribution in [-0.2, 0) is 19.9 Å². The van der Waals surface area contributed by atoms with Gasteiger partial charge in [0.15, 0.2) is 0 Å². The third-order valence-corrected chi connectivity index (χ3v) is 7.48. The van der Waals surface area contributed by atoms with Crippen molar-refractivity contribution >= 4 is 5.97 Å². The minimum Gasteiger partial charge on any atom is -1.00 e. The molecule has 3 saturated heterocycles. The van der Waals surface area contributed by atoms with Gasteiger partial charge in [-0.1, -0.05) is 48.5 Å². The first kappa shape index (κ1) is 19.2. The number of carbonyl (C=O) groups excluding carboxylic acids is 1. The van der Waals surface area contributed by atoms with Crippen molar-refractivity contribution in [3.63, 3.8) is 0 Å². The van der Waals surface area contributed by atoms with Crippen LogP contribution in [0.2, 0.25) is 0 Å². The van der Waals surface area contributed by atoms with E-state index in [1.807, 2.05) is 24.3 Å². The third-order valence-electron chi connectivity index (χ3n) is 7.48. The number of rotatable bonds is 2. The Hall–Kier alpha value is -1.76. The van der Waals surface area contributed by atoms with E-state index < -0.39 is 11.6 Å². The van der Waals surface area contributed by atoms with Crippen LogP contribution >= 0.6 is 0 Å². The normalized spacial score (nSPS) is 33.7. The molecule has 3 unspecified atom stereocenters. The number of fused-ring (bicyclic) bond motifs is 8. The van der Waals surface area contributed by atoms with Gasteiger partial charge in [0.05, 0.1) is 14.1 Å². The molecule has 2 aromatic carbocycles. The summed E-state index contributed by atoms with van der Waals surface area (Å²) in [6.07, 6.45) is 1.76. The van der Waals surface area contributed by atoms with E-state index in [-0.39, 0.29) is 35.3 Å². The molecular formula is C23H23BrFNO3. The number of alkyl halides is 1. The Morgan fingerprint density at radius 3 is 2.00 bits per heavy atom. The van der Waals surface area contributed by atoms with Crippen molar-refractivity contribution in [1.29, 1.82) is 0 Å². The Labute approximate surface area is 180 Å². The van der Waals surface area contributed by atoms with Crippen LogP contribution in [0, 0.1) is 0 Å². The lowest BCUT2D eigenvalue weighted by Gasteiger charge is -2.45. The van der Waals surface area contributed by atoms with E-state index in [1.54, 1.807) is 24.3 Å². The molecular weight excluding hydrogens is 437 g/mol. The van der Waals surface area contributed by atoms with Gasteiger partial charge in [0.2, 0.25) is 0 Å². The summed E-state index contributed by atoms with van der Waals surface area (Å²) in [6, 6.07) is 15.1. The lowest BCUT2D eigenvalue weighted by atomic mass is 9.92. The van der Waals surface area contributed by atoms with Crippen LogP contribution in [0.15, 0.2) is 48.5 Å². The Kier molecular flexibility index (Phi) is 4.06. The number of hydrogen-bond acceptors (Lipinski definition) is 3. The molecule has 4 nitrogen and oxygen atoms in total. The highest BCUT2D eigenvalue weighted by atomic mass is 79.9. The largest absolute Gasteiger partial charge is 1.00 e. The maximum atomic E-state index is 16.4. The Balaban J connectivity index is 0.00000181. The van der Waals surface area contributed by atoms with Crippen LogP contribution in [-0.4, -0.2) is 54.9 Å². The number of benzene rings is 2. The first-order chi connectivity index (χ1) is 13.4. The van der Waals surface area contributed by atoms with E-state index in [1.165, 1.54) is 0 Å². The van der Waals surface area contributed by atoms with E-state index in [2.05, 4.69) is 14.1 Å². The summed E-state index contributed by atoms with van der Waals surface area (Å²) in [5.41, 5.74) is 0.0833. The number of hydrogen-bond donors (Lipinski definition) is 0. The summed E-state index contributed by atoms with van der Waals surface area (Å²) in [5, 5.41) is 0. The van der Waals surface area contributed by atoms with Gasteiger partial charge in [-0.25, -0.2) is 9.18 Å². The van der Waals surface area contributed by atoms with E-state index >= 15 is 4.39 Å². The summed E-state index contributed by atoms with van der Waals surface area (Å²) in [6.45, 7) is 0. The van der Waals surface area contributed by atoms with Crippen molar-refractivity contribution in [3.8, 4) is 11.1 Å². The molecule has 2 bridgehead atoms. The summed E-state index contributed by atoms with van der Waals surface area (Å²) in [5.74, 6) is -0.781. The van der Waals surface area contributed by atoms with Crippen LogP contribution in [0.25, 0.3) is 11.1 Å². The Morgan fingerprint density at radius 2 is 1.48 bits per heavy atom. The SMILES string of the molecule is C[N+]1(C)C2CC(OC(=O)C3(F)c4ccccc4-c4ccccc43)C[C@H]1[C@H]1OC21.[Br-]. The molecule has 5 atom stereocenters. The van der Waals surface area contributed by atoms with Gasteiger partial charge in [0, 0.05) is 24.0 Å². The second-order valence-corrected chi connectivity index (χ2v) is 9.08. The van der Waals surface area contributed by atoms with Crippen LogP contribution in [0.3, 0.4) is 0 Å². The van der Waals surface area contributed by atoms with E-state index in [0.717, 1.165) is 28.5 Å². The average Bonchev–Trinajstić information content (AvgIpc) is 3.40. The average molecular weight is 460 g/mol. The quantitative estimate of drug-likeness (QED) is 0.365. The zero-order valence-corrected chi connectivity index (χ0v) is 17.9. The third kappa shape index (κ3) is 2.39. The lowest BCUT2D eigenvalue weighted by molar-refractivity contribution is -0.938. The predicted octanol–water partition coefficient (Wildman–Crippen LogP) is 0.184. The molecule has 4 aliphatic rings. The van der Waals surface area contributed by atoms with Gasteiger partial charge in [-0.05, 0) is 11.1 Å². The molecule has 0 saturated carbocycles. The highest BCUT2D eigenvalue weighted by Crippen LogP contribution is 2.53. The van der Waals surface area contributed by atoms with Crippen LogP contribution in [0.1, 0.15) is 24.0 Å². The van der Waals surface area contributed by atoms with Gasteiger partial charge >= 0.3 is 5.97 Å². The molecule has 3 heterocycles. The van der Waals surface area contributed by atoms with Gasteiger partial charge in [0.25, 0.3) is 5.67 Å². The smallest absolute Gasteiger partial charge is 0.353 e. The van der Waals surface area contributed by atoms with Crippen molar-refractivity contribution in [3.05, 3.63) is 59.7 Å². The molecule has 3 fully saturated rings. The number of ether oxygens (including phenoxy) is 2. The molecule has 0 spiro atoms. The maximum Gasteiger partial charge on any atom is 0.353 e. The minimum atomic E-state index is -2.24. The molecule has 152 valence electrons. The summed E-state index contributed by atoms with van der Waals surface area (Å²) < 4.78 is 29.0. The zero-order chi connectivity index (χ0) is 19.3. The first-order valence-corrected chi connectivity index (χ1v) is 10.0. The fraction of sp³-hybridized carbons (Fsp3) is 0.435. The predicted molar refractivity (Wildman–Crippen MR) is 101 cm³/mol. The molecule has 3 aliphatic heterocycles. The van der Waals surface area contributed by atoms with Gasteiger partial charge in [-0.15, -0.1) is 0 Å². The van der Waals surface area contributed by atoms with Crippen molar-refractivity contribution in [2.45, 2.75) is 48.9 Å². The molecule has 1 aliphatic carbocycles. The number of quaternary nitrogens is 1. The van der Waals surface area contributed by atoms with Crippen LogP contribution in [0.5, 0.6) is 0 Å². The fourth-order valence-electron chi connectivity index (χ4n) is 5.94. The lowest BCUT2D eigenvalue weighted by Crippen LogP contribution is -3.00. The number of carbonyl (C=O) groups is 1. The summed E-state index contributed by atoms with van der Waals surface area (Å²) in [4.78, 5) is 13.2. The van der Waals surface area contributed by atoms with Crippen LogP contribution < -0.4 is 17.0 Å². The number of likely N-dealkylation sites (N-methyl/N-ethyl adjacent to an activating group) is 1. The molecule has 0 amide bonds. The zero-order valence-electron chi connectivity index (χ0n) is 16.3. The number of esters is 1. The first-order valence-electron chi connectivity index (χ1n) is 10.0. The maximum absolute atomic E-state index is 16.4. The fourth-order valence-corrected chi connectivity index (χ4v) is 5.94. The van der Waals surface area contributed by atoms with Gasteiger partial charge in [-0.2, -0.15) is 0 Å². The Morgan fingerprint density at radius 1 is 1.00 bits per heavy atom. The van der Waals surface area contributed by atoms with Gasteiger partial charge in [0.1, 0.15) is 30.4 Å². The van der Waals surface area contributed by atoms with Gasteiger partial charge < -0.3 is 30.9 Å². The van der Waals surface area contributed by atoms with E-state index in [9.17, 15) is 4.79 Å². The van der Waals surface area contributed by atoms with Crippen molar-refractivity contribution < 1.29 is 40.1 Å².